The highest BCUT2D eigenvalue weighted by atomic mass is 16.2. The molecule has 0 bridgehead atoms. The van der Waals surface area contributed by atoms with Gasteiger partial charge in [0.25, 0.3) is 0 Å². The molecule has 1 fully saturated rings. The highest BCUT2D eigenvalue weighted by Gasteiger charge is 2.26. The van der Waals surface area contributed by atoms with Crippen molar-refractivity contribution in [2.24, 2.45) is 11.7 Å². The molecule has 1 aliphatic rings. The standard InChI is InChI=1S/C17H25N3O2/c18-11-16(21)19-12-17(22)20-15-9-5-4-8-14(15)10-13-6-2-1-3-7-13/h1-3,6-7,14-15H,4-5,8-12,18H2,(H,19,21)(H,20,22). The lowest BCUT2D eigenvalue weighted by atomic mass is 9.80. The van der Waals surface area contributed by atoms with Crippen LogP contribution in [0, 0.1) is 5.92 Å². The number of nitrogens with two attached hydrogens (primary N) is 1. The predicted molar refractivity (Wildman–Crippen MR) is 86.1 cm³/mol. The van der Waals surface area contributed by atoms with Crippen LogP contribution in [0.1, 0.15) is 31.2 Å². The number of amides is 2. The Balaban J connectivity index is 1.86. The highest BCUT2D eigenvalue weighted by Crippen LogP contribution is 2.27. The summed E-state index contributed by atoms with van der Waals surface area (Å²) in [6, 6.07) is 10.6. The van der Waals surface area contributed by atoms with Crippen molar-refractivity contribution in [2.45, 2.75) is 38.1 Å². The molecule has 0 radical (unpaired) electrons. The summed E-state index contributed by atoms with van der Waals surface area (Å²) in [6.07, 6.45) is 5.49. The summed E-state index contributed by atoms with van der Waals surface area (Å²) < 4.78 is 0. The Labute approximate surface area is 131 Å². The van der Waals surface area contributed by atoms with Gasteiger partial charge >= 0.3 is 0 Å². The van der Waals surface area contributed by atoms with Crippen LogP contribution >= 0.6 is 0 Å². The van der Waals surface area contributed by atoms with Gasteiger partial charge in [-0.05, 0) is 30.7 Å². The van der Waals surface area contributed by atoms with Crippen LogP contribution in [0.3, 0.4) is 0 Å². The van der Waals surface area contributed by atoms with Crippen molar-refractivity contribution >= 4 is 11.8 Å². The van der Waals surface area contributed by atoms with Crippen LogP contribution in [0.5, 0.6) is 0 Å². The summed E-state index contributed by atoms with van der Waals surface area (Å²) in [5, 5.41) is 5.58. The normalized spacial score (nSPS) is 21.1. The Morgan fingerprint density at radius 1 is 1.09 bits per heavy atom. The third-order valence-corrected chi connectivity index (χ3v) is 4.23. The molecule has 120 valence electrons. The summed E-state index contributed by atoms with van der Waals surface area (Å²) in [5.74, 6) is 0.0247. The molecule has 22 heavy (non-hydrogen) atoms. The van der Waals surface area contributed by atoms with Crippen molar-refractivity contribution < 1.29 is 9.59 Å². The van der Waals surface area contributed by atoms with E-state index in [1.165, 1.54) is 12.0 Å². The van der Waals surface area contributed by atoms with E-state index in [1.807, 2.05) is 18.2 Å². The zero-order valence-corrected chi connectivity index (χ0v) is 12.9. The van der Waals surface area contributed by atoms with E-state index in [2.05, 4.69) is 22.8 Å². The lowest BCUT2D eigenvalue weighted by Gasteiger charge is -2.32. The van der Waals surface area contributed by atoms with E-state index in [0.717, 1.165) is 25.7 Å². The molecule has 2 amide bonds. The smallest absolute Gasteiger partial charge is 0.239 e. The van der Waals surface area contributed by atoms with Crippen molar-refractivity contribution in [1.82, 2.24) is 10.6 Å². The molecule has 5 nitrogen and oxygen atoms in total. The molecule has 0 saturated heterocycles. The Morgan fingerprint density at radius 3 is 2.55 bits per heavy atom. The Kier molecular flexibility index (Phi) is 6.40. The monoisotopic (exact) mass is 303 g/mol. The van der Waals surface area contributed by atoms with Crippen LogP contribution < -0.4 is 16.4 Å². The average Bonchev–Trinajstić information content (AvgIpc) is 2.55. The fourth-order valence-electron chi connectivity index (χ4n) is 3.07. The second-order valence-electron chi connectivity index (χ2n) is 5.89. The van der Waals surface area contributed by atoms with E-state index < -0.39 is 0 Å². The third kappa shape index (κ3) is 5.15. The van der Waals surface area contributed by atoms with Gasteiger partial charge in [-0.3, -0.25) is 9.59 Å². The third-order valence-electron chi connectivity index (χ3n) is 4.23. The van der Waals surface area contributed by atoms with Gasteiger partial charge in [0.1, 0.15) is 0 Å². The number of carbonyl (C=O) groups excluding carboxylic acids is 2. The largest absolute Gasteiger partial charge is 0.352 e. The summed E-state index contributed by atoms with van der Waals surface area (Å²) in [4.78, 5) is 23.1. The van der Waals surface area contributed by atoms with Gasteiger partial charge in [-0.25, -0.2) is 0 Å². The van der Waals surface area contributed by atoms with Crippen LogP contribution in [0.15, 0.2) is 30.3 Å². The van der Waals surface area contributed by atoms with E-state index in [0.29, 0.717) is 5.92 Å². The molecule has 2 unspecified atom stereocenters. The topological polar surface area (TPSA) is 84.2 Å². The minimum atomic E-state index is -0.306. The summed E-state index contributed by atoms with van der Waals surface area (Å²) in [7, 11) is 0. The van der Waals surface area contributed by atoms with Crippen molar-refractivity contribution in [3.63, 3.8) is 0 Å². The van der Waals surface area contributed by atoms with Gasteiger partial charge in [0, 0.05) is 6.04 Å². The molecular weight excluding hydrogens is 278 g/mol. The molecular formula is C17H25N3O2. The fourth-order valence-corrected chi connectivity index (χ4v) is 3.07. The maximum atomic E-state index is 12.0. The molecule has 1 aliphatic carbocycles. The zero-order chi connectivity index (χ0) is 15.8. The van der Waals surface area contributed by atoms with Gasteiger partial charge in [0.2, 0.25) is 11.8 Å². The number of carbonyl (C=O) groups is 2. The number of rotatable bonds is 6. The van der Waals surface area contributed by atoms with E-state index in [-0.39, 0.29) is 30.9 Å². The second kappa shape index (κ2) is 8.54. The molecule has 2 atom stereocenters. The number of benzene rings is 1. The van der Waals surface area contributed by atoms with Crippen molar-refractivity contribution in [2.75, 3.05) is 13.1 Å². The van der Waals surface area contributed by atoms with Gasteiger partial charge in [0.15, 0.2) is 0 Å². The van der Waals surface area contributed by atoms with Crippen molar-refractivity contribution in [1.29, 1.82) is 0 Å². The van der Waals surface area contributed by atoms with Gasteiger partial charge < -0.3 is 16.4 Å². The number of nitrogens with one attached hydrogen (secondary N) is 2. The first kappa shape index (κ1) is 16.5. The first-order chi connectivity index (χ1) is 10.7. The van der Waals surface area contributed by atoms with Crippen LogP contribution in [0.2, 0.25) is 0 Å². The van der Waals surface area contributed by atoms with Gasteiger partial charge in [0.05, 0.1) is 13.1 Å². The zero-order valence-electron chi connectivity index (χ0n) is 12.9. The van der Waals surface area contributed by atoms with E-state index in [9.17, 15) is 9.59 Å². The first-order valence-electron chi connectivity index (χ1n) is 7.99. The predicted octanol–water partition coefficient (Wildman–Crippen LogP) is 0.979. The minimum absolute atomic E-state index is 0.00455. The molecule has 0 heterocycles. The van der Waals surface area contributed by atoms with Crippen LogP contribution in [-0.2, 0) is 16.0 Å². The van der Waals surface area contributed by atoms with Crippen LogP contribution in [-0.4, -0.2) is 30.9 Å². The molecule has 2 rings (SSSR count). The molecule has 5 heteroatoms. The molecule has 1 aromatic carbocycles. The summed E-state index contributed by atoms with van der Waals surface area (Å²) in [6.45, 7) is -0.0854. The molecule has 1 saturated carbocycles. The lowest BCUT2D eigenvalue weighted by Crippen LogP contribution is -2.47. The fraction of sp³-hybridized carbons (Fsp3) is 0.529. The van der Waals surface area contributed by atoms with Gasteiger partial charge in [-0.2, -0.15) is 0 Å². The van der Waals surface area contributed by atoms with E-state index in [1.54, 1.807) is 0 Å². The van der Waals surface area contributed by atoms with Crippen LogP contribution in [0.4, 0.5) is 0 Å². The average molecular weight is 303 g/mol. The SMILES string of the molecule is NCC(=O)NCC(=O)NC1CCCCC1Cc1ccccc1. The summed E-state index contributed by atoms with van der Waals surface area (Å²) in [5.41, 5.74) is 6.52. The van der Waals surface area contributed by atoms with Crippen molar-refractivity contribution in [3.05, 3.63) is 35.9 Å². The highest BCUT2D eigenvalue weighted by molar-refractivity contribution is 5.85. The van der Waals surface area contributed by atoms with Crippen molar-refractivity contribution in [3.8, 4) is 0 Å². The molecule has 0 aliphatic heterocycles. The molecule has 0 spiro atoms. The van der Waals surface area contributed by atoms with E-state index >= 15 is 0 Å². The lowest BCUT2D eigenvalue weighted by molar-refractivity contribution is -0.126. The summed E-state index contributed by atoms with van der Waals surface area (Å²) >= 11 is 0. The van der Waals surface area contributed by atoms with Gasteiger partial charge in [-0.1, -0.05) is 43.2 Å². The molecule has 4 N–H and O–H groups in total. The Hall–Kier alpha value is -1.88. The molecule has 1 aromatic rings. The van der Waals surface area contributed by atoms with Crippen LogP contribution in [0.25, 0.3) is 0 Å². The second-order valence-corrected chi connectivity index (χ2v) is 5.89. The quantitative estimate of drug-likeness (QED) is 0.732. The number of hydrogen-bond acceptors (Lipinski definition) is 3. The first-order valence-corrected chi connectivity index (χ1v) is 7.99. The maximum absolute atomic E-state index is 12.0. The Morgan fingerprint density at radius 2 is 1.82 bits per heavy atom. The van der Waals surface area contributed by atoms with Gasteiger partial charge in [-0.15, -0.1) is 0 Å². The maximum Gasteiger partial charge on any atom is 0.239 e. The molecule has 0 aromatic heterocycles. The number of hydrogen-bond donors (Lipinski definition) is 3. The Bertz CT molecular complexity index is 490. The minimum Gasteiger partial charge on any atom is -0.352 e. The van der Waals surface area contributed by atoms with E-state index in [4.69, 9.17) is 5.73 Å².